The van der Waals surface area contributed by atoms with E-state index < -0.39 is 11.7 Å². The van der Waals surface area contributed by atoms with Crippen LogP contribution in [0, 0.1) is 0 Å². The third-order valence-corrected chi connectivity index (χ3v) is 5.42. The first kappa shape index (κ1) is 22.7. The number of nitrogens with one attached hydrogen (secondary N) is 1. The zero-order valence-corrected chi connectivity index (χ0v) is 18.0. The van der Waals surface area contributed by atoms with E-state index in [1.807, 2.05) is 6.07 Å². The molecule has 7 nitrogen and oxygen atoms in total. The lowest BCUT2D eigenvalue weighted by atomic mass is 9.99. The van der Waals surface area contributed by atoms with Gasteiger partial charge in [-0.1, -0.05) is 6.07 Å². The van der Waals surface area contributed by atoms with Crippen molar-refractivity contribution < 1.29 is 22.6 Å². The average molecular weight is 459 g/mol. The molecular formula is C23H24F3N5O2. The Balaban J connectivity index is 1.80. The molecule has 3 heterocycles. The second-order valence-corrected chi connectivity index (χ2v) is 7.46. The summed E-state index contributed by atoms with van der Waals surface area (Å²) in [5.74, 6) is 0.358. The standard InChI is InChI=1S/C23H24F3N5O2/c1-32-19-12-16(31-8-10-33-11-9-31)5-6-17(19)20-21(29-13-15-4-2-3-7-28-15)18(23(24,25)26)14-30-22(20)27/h2-7,12,14H,8-11,13H2,1H3,(H3,27,29,30). The predicted molar refractivity (Wildman–Crippen MR) is 120 cm³/mol. The van der Waals surface area contributed by atoms with Crippen LogP contribution in [-0.4, -0.2) is 43.4 Å². The van der Waals surface area contributed by atoms with Crippen LogP contribution < -0.4 is 20.7 Å². The van der Waals surface area contributed by atoms with Gasteiger partial charge in [-0.25, -0.2) is 4.98 Å². The van der Waals surface area contributed by atoms with Crippen molar-refractivity contribution in [2.75, 3.05) is 49.4 Å². The minimum Gasteiger partial charge on any atom is -0.496 e. The van der Waals surface area contributed by atoms with Crippen molar-refractivity contribution >= 4 is 17.2 Å². The topological polar surface area (TPSA) is 85.5 Å². The van der Waals surface area contributed by atoms with Gasteiger partial charge in [0, 0.05) is 42.8 Å². The van der Waals surface area contributed by atoms with E-state index in [4.69, 9.17) is 15.2 Å². The summed E-state index contributed by atoms with van der Waals surface area (Å²) in [5.41, 5.74) is 7.06. The lowest BCUT2D eigenvalue weighted by Gasteiger charge is -2.29. The number of pyridine rings is 2. The van der Waals surface area contributed by atoms with Crippen molar-refractivity contribution in [3.05, 3.63) is 60.0 Å². The zero-order chi connectivity index (χ0) is 23.4. The maximum absolute atomic E-state index is 13.9. The number of ether oxygens (including phenoxy) is 2. The van der Waals surface area contributed by atoms with Gasteiger partial charge in [-0.15, -0.1) is 0 Å². The van der Waals surface area contributed by atoms with Crippen LogP contribution in [0.2, 0.25) is 0 Å². The monoisotopic (exact) mass is 459 g/mol. The molecule has 10 heteroatoms. The molecule has 1 aliphatic rings. The second kappa shape index (κ2) is 9.53. The number of hydrogen-bond acceptors (Lipinski definition) is 7. The van der Waals surface area contributed by atoms with Gasteiger partial charge < -0.3 is 25.4 Å². The molecule has 3 aromatic rings. The minimum atomic E-state index is -4.64. The first-order chi connectivity index (χ1) is 15.9. The van der Waals surface area contributed by atoms with Crippen LogP contribution in [0.1, 0.15) is 11.3 Å². The summed E-state index contributed by atoms with van der Waals surface area (Å²) < 4.78 is 52.7. The number of nitrogen functional groups attached to an aromatic ring is 1. The van der Waals surface area contributed by atoms with Crippen molar-refractivity contribution in [3.63, 3.8) is 0 Å². The molecule has 1 aliphatic heterocycles. The Morgan fingerprint density at radius 2 is 1.94 bits per heavy atom. The number of nitrogens with two attached hydrogens (primary N) is 1. The normalized spacial score (nSPS) is 14.2. The number of hydrogen-bond donors (Lipinski definition) is 2. The van der Waals surface area contributed by atoms with E-state index in [1.54, 1.807) is 36.5 Å². The van der Waals surface area contributed by atoms with Crippen molar-refractivity contribution in [2.24, 2.45) is 0 Å². The van der Waals surface area contributed by atoms with Crippen LogP contribution in [0.3, 0.4) is 0 Å². The van der Waals surface area contributed by atoms with Crippen LogP contribution in [0.25, 0.3) is 11.1 Å². The second-order valence-electron chi connectivity index (χ2n) is 7.46. The maximum atomic E-state index is 13.9. The van der Waals surface area contributed by atoms with Crippen molar-refractivity contribution in [1.82, 2.24) is 9.97 Å². The molecule has 1 fully saturated rings. The number of alkyl halides is 3. The highest BCUT2D eigenvalue weighted by Gasteiger charge is 2.36. The van der Waals surface area contributed by atoms with Gasteiger partial charge in [-0.3, -0.25) is 4.98 Å². The van der Waals surface area contributed by atoms with Gasteiger partial charge in [0.2, 0.25) is 0 Å². The van der Waals surface area contributed by atoms with Crippen LogP contribution in [0.4, 0.5) is 30.4 Å². The van der Waals surface area contributed by atoms with Gasteiger partial charge in [0.15, 0.2) is 0 Å². The first-order valence-electron chi connectivity index (χ1n) is 10.4. The summed E-state index contributed by atoms with van der Waals surface area (Å²) in [6.07, 6.45) is -2.31. The highest BCUT2D eigenvalue weighted by atomic mass is 19.4. The summed E-state index contributed by atoms with van der Waals surface area (Å²) in [4.78, 5) is 10.2. The van der Waals surface area contributed by atoms with E-state index >= 15 is 0 Å². The number of aromatic nitrogens is 2. The fourth-order valence-corrected chi connectivity index (χ4v) is 3.78. The molecule has 1 saturated heterocycles. The van der Waals surface area contributed by atoms with E-state index in [-0.39, 0.29) is 23.6 Å². The van der Waals surface area contributed by atoms with Gasteiger partial charge in [0.1, 0.15) is 11.6 Å². The number of morpholine rings is 1. The lowest BCUT2D eigenvalue weighted by Crippen LogP contribution is -2.36. The van der Waals surface area contributed by atoms with E-state index in [2.05, 4.69) is 20.2 Å². The smallest absolute Gasteiger partial charge is 0.419 e. The van der Waals surface area contributed by atoms with Crippen molar-refractivity contribution in [3.8, 4) is 16.9 Å². The average Bonchev–Trinajstić information content (AvgIpc) is 2.83. The van der Waals surface area contributed by atoms with E-state index in [0.29, 0.717) is 43.3 Å². The van der Waals surface area contributed by atoms with Gasteiger partial charge in [0.05, 0.1) is 49.4 Å². The van der Waals surface area contributed by atoms with Crippen molar-refractivity contribution in [1.29, 1.82) is 0 Å². The lowest BCUT2D eigenvalue weighted by molar-refractivity contribution is -0.137. The first-order valence-corrected chi connectivity index (χ1v) is 10.4. The minimum absolute atomic E-state index is 0.0380. The van der Waals surface area contributed by atoms with Crippen LogP contribution in [0.5, 0.6) is 5.75 Å². The molecule has 0 bridgehead atoms. The number of rotatable bonds is 6. The van der Waals surface area contributed by atoms with E-state index in [9.17, 15) is 13.2 Å². The van der Waals surface area contributed by atoms with E-state index in [0.717, 1.165) is 11.9 Å². The quantitative estimate of drug-likeness (QED) is 0.571. The van der Waals surface area contributed by atoms with Gasteiger partial charge in [-0.05, 0) is 24.3 Å². The number of anilines is 3. The SMILES string of the molecule is COc1cc(N2CCOCC2)ccc1-c1c(N)ncc(C(F)(F)F)c1NCc1ccccn1. The molecular weight excluding hydrogens is 435 g/mol. The fourth-order valence-electron chi connectivity index (χ4n) is 3.78. The Kier molecular flexibility index (Phi) is 6.55. The maximum Gasteiger partial charge on any atom is 0.419 e. The molecule has 174 valence electrons. The summed E-state index contributed by atoms with van der Waals surface area (Å²) in [7, 11) is 1.47. The Hall–Kier alpha value is -3.53. The molecule has 1 aromatic carbocycles. The fraction of sp³-hybridized carbons (Fsp3) is 0.304. The third kappa shape index (κ3) is 4.95. The molecule has 0 spiro atoms. The van der Waals surface area contributed by atoms with Crippen LogP contribution >= 0.6 is 0 Å². The van der Waals surface area contributed by atoms with E-state index in [1.165, 1.54) is 7.11 Å². The molecule has 3 N–H and O–H groups in total. The zero-order valence-electron chi connectivity index (χ0n) is 18.0. The summed E-state index contributed by atoms with van der Waals surface area (Å²) >= 11 is 0. The number of methoxy groups -OCH3 is 1. The molecule has 0 saturated carbocycles. The number of benzene rings is 1. The van der Waals surface area contributed by atoms with Crippen LogP contribution in [-0.2, 0) is 17.5 Å². The van der Waals surface area contributed by atoms with Crippen LogP contribution in [0.15, 0.2) is 48.8 Å². The Morgan fingerprint density at radius 3 is 2.61 bits per heavy atom. The summed E-state index contributed by atoms with van der Waals surface area (Å²) in [5, 5.41) is 2.89. The molecule has 0 unspecified atom stereocenters. The number of nitrogens with zero attached hydrogens (tertiary/aromatic N) is 3. The third-order valence-electron chi connectivity index (χ3n) is 5.42. The molecule has 0 atom stereocenters. The Morgan fingerprint density at radius 1 is 1.15 bits per heavy atom. The Labute approximate surface area is 189 Å². The largest absolute Gasteiger partial charge is 0.496 e. The molecule has 33 heavy (non-hydrogen) atoms. The molecule has 2 aromatic heterocycles. The summed E-state index contributed by atoms with van der Waals surface area (Å²) in [6.45, 7) is 2.72. The summed E-state index contributed by atoms with van der Waals surface area (Å²) in [6, 6.07) is 10.6. The van der Waals surface area contributed by atoms with Gasteiger partial charge in [-0.2, -0.15) is 13.2 Å². The van der Waals surface area contributed by atoms with Gasteiger partial charge >= 0.3 is 6.18 Å². The Bertz CT molecular complexity index is 1100. The van der Waals surface area contributed by atoms with Crippen molar-refractivity contribution in [2.45, 2.75) is 12.7 Å². The molecule has 0 amide bonds. The molecule has 0 radical (unpaired) electrons. The highest BCUT2D eigenvalue weighted by molar-refractivity contribution is 5.91. The predicted octanol–water partition coefficient (Wildman–Crippen LogP) is 4.20. The number of halogens is 3. The highest BCUT2D eigenvalue weighted by Crippen LogP contribution is 2.45. The molecule has 0 aliphatic carbocycles. The molecule has 4 rings (SSSR count). The van der Waals surface area contributed by atoms with Gasteiger partial charge in [0.25, 0.3) is 0 Å².